The second-order valence-electron chi connectivity index (χ2n) is 9.09. The Bertz CT molecular complexity index is 1200. The van der Waals surface area contributed by atoms with Crippen LogP contribution in [-0.4, -0.2) is 46.6 Å². The van der Waals surface area contributed by atoms with E-state index < -0.39 is 58.3 Å². The highest BCUT2D eigenvalue weighted by Crippen LogP contribution is 2.48. The SMILES string of the molecule is Cc1c(N2C[C@@H](F)[C@@H](C3(N)CC3)C2)c(F)c(N)c2c(=O)c(C(=O)O)cn([C@@H]3C[C@@H]3F)c12.Cl. The molecule has 32 heavy (non-hydrogen) atoms. The maximum Gasteiger partial charge on any atom is 0.341 e. The molecule has 11 heteroatoms. The van der Waals surface area contributed by atoms with Crippen LogP contribution in [0.15, 0.2) is 11.0 Å². The van der Waals surface area contributed by atoms with Crippen molar-refractivity contribution in [3.63, 3.8) is 0 Å². The van der Waals surface area contributed by atoms with Crippen molar-refractivity contribution in [3.05, 3.63) is 33.4 Å². The van der Waals surface area contributed by atoms with Gasteiger partial charge in [0.15, 0.2) is 5.82 Å². The van der Waals surface area contributed by atoms with Crippen LogP contribution in [0.3, 0.4) is 0 Å². The van der Waals surface area contributed by atoms with Crippen molar-refractivity contribution in [2.45, 2.75) is 50.1 Å². The number of carbonyl (C=O) groups is 1. The van der Waals surface area contributed by atoms with E-state index in [9.17, 15) is 23.5 Å². The number of halogens is 4. The Kier molecular flexibility index (Phi) is 5.17. The molecule has 3 fully saturated rings. The molecule has 5 N–H and O–H groups in total. The van der Waals surface area contributed by atoms with Crippen LogP contribution in [0.5, 0.6) is 0 Å². The molecule has 7 nitrogen and oxygen atoms in total. The molecule has 2 aromatic rings. The van der Waals surface area contributed by atoms with Gasteiger partial charge in [-0.2, -0.15) is 0 Å². The van der Waals surface area contributed by atoms with Crippen LogP contribution in [0.25, 0.3) is 10.9 Å². The van der Waals surface area contributed by atoms with Crippen LogP contribution in [0.4, 0.5) is 24.5 Å². The van der Waals surface area contributed by atoms with Crippen LogP contribution in [0, 0.1) is 18.7 Å². The number of hydrogen-bond acceptors (Lipinski definition) is 5. The molecule has 0 unspecified atom stereocenters. The Morgan fingerprint density at radius 3 is 2.41 bits per heavy atom. The summed E-state index contributed by atoms with van der Waals surface area (Å²) in [5.41, 5.74) is 10.1. The van der Waals surface area contributed by atoms with Gasteiger partial charge >= 0.3 is 5.97 Å². The van der Waals surface area contributed by atoms with E-state index in [-0.39, 0.29) is 48.5 Å². The lowest BCUT2D eigenvalue weighted by Gasteiger charge is -2.26. The zero-order valence-electron chi connectivity index (χ0n) is 17.3. The third-order valence-electron chi connectivity index (χ3n) is 7.06. The van der Waals surface area contributed by atoms with Gasteiger partial charge in [0.25, 0.3) is 0 Å². The van der Waals surface area contributed by atoms with E-state index in [4.69, 9.17) is 11.5 Å². The van der Waals surface area contributed by atoms with E-state index >= 15 is 4.39 Å². The van der Waals surface area contributed by atoms with Gasteiger partial charge in [0, 0.05) is 37.2 Å². The molecule has 1 saturated heterocycles. The van der Waals surface area contributed by atoms with Crippen molar-refractivity contribution in [1.82, 2.24) is 4.57 Å². The molecule has 3 aliphatic rings. The number of nitrogen functional groups attached to an aromatic ring is 1. The fourth-order valence-corrected chi connectivity index (χ4v) is 5.01. The summed E-state index contributed by atoms with van der Waals surface area (Å²) < 4.78 is 45.5. The number of aryl methyl sites for hydroxylation is 1. The normalized spacial score (nSPS) is 28.0. The largest absolute Gasteiger partial charge is 0.477 e. The molecule has 0 spiro atoms. The van der Waals surface area contributed by atoms with Crippen LogP contribution >= 0.6 is 12.4 Å². The molecule has 2 aliphatic carbocycles. The number of aromatic nitrogens is 1. The van der Waals surface area contributed by atoms with Crippen molar-refractivity contribution < 1.29 is 23.1 Å². The average Bonchev–Trinajstić information content (AvgIpc) is 3.58. The predicted octanol–water partition coefficient (Wildman–Crippen LogP) is 2.70. The van der Waals surface area contributed by atoms with Gasteiger partial charge in [0.1, 0.15) is 17.9 Å². The number of anilines is 2. The number of aromatic carboxylic acids is 1. The summed E-state index contributed by atoms with van der Waals surface area (Å²) in [5, 5.41) is 9.12. The Morgan fingerprint density at radius 1 is 1.25 bits per heavy atom. The van der Waals surface area contributed by atoms with Gasteiger partial charge in [0.05, 0.1) is 28.3 Å². The molecule has 1 aromatic heterocycles. The summed E-state index contributed by atoms with van der Waals surface area (Å²) in [4.78, 5) is 25.9. The van der Waals surface area contributed by atoms with Gasteiger partial charge in [-0.25, -0.2) is 18.0 Å². The molecule has 4 atom stereocenters. The Balaban J connectivity index is 0.00000245. The number of nitrogens with two attached hydrogens (primary N) is 2. The fourth-order valence-electron chi connectivity index (χ4n) is 5.01. The summed E-state index contributed by atoms with van der Waals surface area (Å²) in [6, 6.07) is -0.670. The molecule has 2 heterocycles. The van der Waals surface area contributed by atoms with Crippen molar-refractivity contribution in [1.29, 1.82) is 0 Å². The smallest absolute Gasteiger partial charge is 0.341 e. The first-order chi connectivity index (χ1) is 14.5. The highest BCUT2D eigenvalue weighted by Gasteiger charge is 2.53. The summed E-state index contributed by atoms with van der Waals surface area (Å²) >= 11 is 0. The van der Waals surface area contributed by atoms with E-state index in [1.54, 1.807) is 11.8 Å². The summed E-state index contributed by atoms with van der Waals surface area (Å²) in [6.45, 7) is 1.69. The van der Waals surface area contributed by atoms with Crippen molar-refractivity contribution in [2.24, 2.45) is 11.7 Å². The predicted molar refractivity (Wildman–Crippen MR) is 117 cm³/mol. The molecule has 1 aliphatic heterocycles. The highest BCUT2D eigenvalue weighted by molar-refractivity contribution is 6.01. The first-order valence-corrected chi connectivity index (χ1v) is 10.3. The van der Waals surface area contributed by atoms with Crippen molar-refractivity contribution in [3.8, 4) is 0 Å². The number of alkyl halides is 2. The molecule has 174 valence electrons. The second kappa shape index (κ2) is 7.28. The van der Waals surface area contributed by atoms with Gasteiger partial charge in [-0.3, -0.25) is 4.79 Å². The number of carboxylic acids is 1. The standard InChI is InChI=1S/C21H23F3N4O3.ClH/c1-8-17-14(19(29)9(20(30)31)5-28(17)13-4-11(13)22)16(25)15(24)18(8)27-6-10(12(23)7-27)21(26)2-3-21;/h5,10-13H,2-4,6-7,25-26H2,1H3,(H,30,31);1H/t10-,11-,12+,13+;/m0./s1. The van der Waals surface area contributed by atoms with E-state index in [2.05, 4.69) is 0 Å². The fraction of sp³-hybridized carbons (Fsp3) is 0.524. The van der Waals surface area contributed by atoms with Crippen LogP contribution < -0.4 is 21.8 Å². The summed E-state index contributed by atoms with van der Waals surface area (Å²) in [6.07, 6.45) is 0.222. The molecule has 0 bridgehead atoms. The number of benzene rings is 1. The lowest BCUT2D eigenvalue weighted by atomic mass is 9.96. The molecule has 5 rings (SSSR count). The maximum atomic E-state index is 15.5. The zero-order valence-corrected chi connectivity index (χ0v) is 18.1. The number of rotatable bonds is 4. The third-order valence-corrected chi connectivity index (χ3v) is 7.06. The molecular weight excluding hydrogens is 449 g/mol. The number of nitrogens with zero attached hydrogens (tertiary/aromatic N) is 2. The Labute approximate surface area is 187 Å². The Hall–Kier alpha value is -2.46. The van der Waals surface area contributed by atoms with Crippen LogP contribution in [0.2, 0.25) is 0 Å². The lowest BCUT2D eigenvalue weighted by Crippen LogP contribution is -2.38. The van der Waals surface area contributed by atoms with Gasteiger partial charge < -0.3 is 26.0 Å². The first kappa shape index (κ1) is 22.7. The molecule has 1 aromatic carbocycles. The van der Waals surface area contributed by atoms with Crippen molar-refractivity contribution >= 4 is 40.7 Å². The van der Waals surface area contributed by atoms with E-state index in [0.717, 1.165) is 6.20 Å². The lowest BCUT2D eigenvalue weighted by molar-refractivity contribution is 0.0694. The maximum absolute atomic E-state index is 15.5. The van der Waals surface area contributed by atoms with Gasteiger partial charge in [0.2, 0.25) is 5.43 Å². The summed E-state index contributed by atoms with van der Waals surface area (Å²) in [7, 11) is 0. The quantitative estimate of drug-likeness (QED) is 0.589. The average molecular weight is 473 g/mol. The van der Waals surface area contributed by atoms with Gasteiger partial charge in [-0.05, 0) is 25.3 Å². The van der Waals surface area contributed by atoms with E-state index in [1.165, 1.54) is 4.57 Å². The third kappa shape index (κ3) is 3.14. The minimum atomic E-state index is -1.50. The van der Waals surface area contributed by atoms with Crippen LogP contribution in [-0.2, 0) is 0 Å². The zero-order chi connectivity index (χ0) is 22.4. The number of carboxylic acid groups (broad SMARTS) is 1. The molecule has 0 radical (unpaired) electrons. The van der Waals surface area contributed by atoms with Crippen molar-refractivity contribution in [2.75, 3.05) is 23.7 Å². The molecular formula is C21H24ClF3N4O3. The van der Waals surface area contributed by atoms with E-state index in [0.29, 0.717) is 18.4 Å². The molecule has 0 amide bonds. The minimum Gasteiger partial charge on any atom is -0.477 e. The van der Waals surface area contributed by atoms with E-state index in [1.807, 2.05) is 0 Å². The number of fused-ring (bicyclic) bond motifs is 1. The number of pyridine rings is 1. The van der Waals surface area contributed by atoms with Gasteiger partial charge in [-0.1, -0.05) is 0 Å². The Morgan fingerprint density at radius 2 is 1.88 bits per heavy atom. The summed E-state index contributed by atoms with van der Waals surface area (Å²) in [5.74, 6) is -2.85. The first-order valence-electron chi connectivity index (χ1n) is 10.3. The van der Waals surface area contributed by atoms with Gasteiger partial charge in [-0.15, -0.1) is 12.4 Å². The highest BCUT2D eigenvalue weighted by atomic mass is 35.5. The van der Waals surface area contributed by atoms with Crippen LogP contribution in [0.1, 0.15) is 41.2 Å². The topological polar surface area (TPSA) is 115 Å². The molecule has 2 saturated carbocycles. The monoisotopic (exact) mass is 472 g/mol. The minimum absolute atomic E-state index is 0. The second-order valence-corrected chi connectivity index (χ2v) is 9.09. The number of hydrogen-bond donors (Lipinski definition) is 3.